The number of nitrogens with one attached hydrogen (secondary N) is 2. The number of benzene rings is 2. The first-order chi connectivity index (χ1) is 14.6. The van der Waals surface area contributed by atoms with Crippen LogP contribution in [0, 0.1) is 0 Å². The molecule has 2 aromatic carbocycles. The van der Waals surface area contributed by atoms with Gasteiger partial charge in [-0.2, -0.15) is 0 Å². The molecular formula is C24H24N2O3S. The average Bonchev–Trinajstić information content (AvgIpc) is 3.30. The Labute approximate surface area is 180 Å². The highest BCUT2D eigenvalue weighted by atomic mass is 32.1. The van der Waals surface area contributed by atoms with E-state index in [9.17, 15) is 9.59 Å². The number of carbonyl (C=O) groups is 2. The average molecular weight is 421 g/mol. The lowest BCUT2D eigenvalue weighted by atomic mass is 10.0. The molecule has 0 fully saturated rings. The molecule has 0 spiro atoms. The Morgan fingerprint density at radius 2 is 1.77 bits per heavy atom. The van der Waals surface area contributed by atoms with E-state index >= 15 is 0 Å². The van der Waals surface area contributed by atoms with Crippen LogP contribution < -0.4 is 15.4 Å². The molecule has 1 unspecified atom stereocenters. The molecule has 0 radical (unpaired) electrons. The van der Waals surface area contributed by atoms with Crippen LogP contribution in [0.4, 0.5) is 0 Å². The maximum Gasteiger partial charge on any atom is 0.268 e. The zero-order chi connectivity index (χ0) is 21.3. The SMILES string of the molecule is CCC(NC(=O)/C(=C/c1cccs1)NC(=O)c1ccccc1)c1ccc(OC)cc1. The van der Waals surface area contributed by atoms with Gasteiger partial charge in [0.05, 0.1) is 13.2 Å². The van der Waals surface area contributed by atoms with Crippen LogP contribution in [0.15, 0.2) is 77.8 Å². The smallest absolute Gasteiger partial charge is 0.268 e. The second kappa shape index (κ2) is 10.4. The van der Waals surface area contributed by atoms with Crippen LogP contribution >= 0.6 is 11.3 Å². The lowest BCUT2D eigenvalue weighted by molar-refractivity contribution is -0.118. The summed E-state index contributed by atoms with van der Waals surface area (Å²) in [5, 5.41) is 7.72. The summed E-state index contributed by atoms with van der Waals surface area (Å²) >= 11 is 1.50. The van der Waals surface area contributed by atoms with Gasteiger partial charge >= 0.3 is 0 Å². The summed E-state index contributed by atoms with van der Waals surface area (Å²) in [5.74, 6) is 0.0923. The molecule has 2 N–H and O–H groups in total. The second-order valence-corrected chi connectivity index (χ2v) is 7.58. The first kappa shape index (κ1) is 21.3. The number of methoxy groups -OCH3 is 1. The van der Waals surface area contributed by atoms with Crippen molar-refractivity contribution in [1.82, 2.24) is 10.6 Å². The maximum absolute atomic E-state index is 13.1. The van der Waals surface area contributed by atoms with E-state index in [0.717, 1.165) is 16.2 Å². The standard InChI is InChI=1S/C24H24N2O3S/c1-3-21(17-11-13-19(29-2)14-12-17)25-24(28)22(16-20-10-7-15-30-20)26-23(27)18-8-5-4-6-9-18/h4-16,21H,3H2,1-2H3,(H,25,28)(H,26,27)/b22-16-. The van der Waals surface area contributed by atoms with Gasteiger partial charge in [0.25, 0.3) is 11.8 Å². The Hall–Kier alpha value is -3.38. The zero-order valence-corrected chi connectivity index (χ0v) is 17.7. The van der Waals surface area contributed by atoms with Crippen LogP contribution in [-0.4, -0.2) is 18.9 Å². The molecule has 0 aliphatic heterocycles. The van der Waals surface area contributed by atoms with Crippen molar-refractivity contribution >= 4 is 29.2 Å². The molecular weight excluding hydrogens is 396 g/mol. The van der Waals surface area contributed by atoms with Gasteiger partial charge in [-0.05, 0) is 53.8 Å². The fourth-order valence-electron chi connectivity index (χ4n) is 2.95. The Morgan fingerprint density at radius 1 is 1.03 bits per heavy atom. The van der Waals surface area contributed by atoms with Crippen LogP contribution in [0.2, 0.25) is 0 Å². The van der Waals surface area contributed by atoms with E-state index in [1.165, 1.54) is 11.3 Å². The zero-order valence-electron chi connectivity index (χ0n) is 16.9. The van der Waals surface area contributed by atoms with Gasteiger partial charge < -0.3 is 15.4 Å². The third-order valence-corrected chi connectivity index (χ3v) is 5.41. The molecule has 0 saturated heterocycles. The molecule has 0 aliphatic carbocycles. The molecule has 0 aliphatic rings. The largest absolute Gasteiger partial charge is 0.497 e. The summed E-state index contributed by atoms with van der Waals surface area (Å²) in [6, 6.07) is 20.0. The lowest BCUT2D eigenvalue weighted by Gasteiger charge is -2.19. The second-order valence-electron chi connectivity index (χ2n) is 6.60. The summed E-state index contributed by atoms with van der Waals surface area (Å²) < 4.78 is 5.20. The summed E-state index contributed by atoms with van der Waals surface area (Å²) in [6.07, 6.45) is 2.40. The van der Waals surface area contributed by atoms with E-state index in [2.05, 4.69) is 10.6 Å². The minimum absolute atomic E-state index is 0.191. The van der Waals surface area contributed by atoms with E-state index in [-0.39, 0.29) is 23.6 Å². The van der Waals surface area contributed by atoms with Crippen molar-refractivity contribution in [3.8, 4) is 5.75 Å². The van der Waals surface area contributed by atoms with Crippen molar-refractivity contribution in [3.63, 3.8) is 0 Å². The fourth-order valence-corrected chi connectivity index (χ4v) is 3.61. The number of ether oxygens (including phenoxy) is 1. The molecule has 3 aromatic rings. The quantitative estimate of drug-likeness (QED) is 0.515. The number of hydrogen-bond donors (Lipinski definition) is 2. The first-order valence-corrected chi connectivity index (χ1v) is 10.5. The van der Waals surface area contributed by atoms with Crippen LogP contribution in [0.5, 0.6) is 5.75 Å². The molecule has 1 aromatic heterocycles. The van der Waals surface area contributed by atoms with E-state index in [1.54, 1.807) is 37.5 Å². The van der Waals surface area contributed by atoms with Crippen LogP contribution in [0.25, 0.3) is 6.08 Å². The highest BCUT2D eigenvalue weighted by Crippen LogP contribution is 2.21. The number of carbonyl (C=O) groups excluding carboxylic acids is 2. The molecule has 1 atom stereocenters. The fraction of sp³-hybridized carbons (Fsp3) is 0.167. The summed E-state index contributed by atoms with van der Waals surface area (Å²) in [5.41, 5.74) is 1.67. The van der Waals surface area contributed by atoms with Crippen LogP contribution in [-0.2, 0) is 4.79 Å². The van der Waals surface area contributed by atoms with Crippen molar-refractivity contribution in [2.75, 3.05) is 7.11 Å². The van der Waals surface area contributed by atoms with E-state index in [4.69, 9.17) is 4.74 Å². The third kappa shape index (κ3) is 5.58. The van der Waals surface area contributed by atoms with Crippen LogP contribution in [0.1, 0.15) is 40.2 Å². The Balaban J connectivity index is 1.81. The Kier molecular flexibility index (Phi) is 7.40. The molecule has 2 amide bonds. The normalized spacial score (nSPS) is 12.1. The predicted molar refractivity (Wildman–Crippen MR) is 120 cm³/mol. The topological polar surface area (TPSA) is 67.4 Å². The number of hydrogen-bond acceptors (Lipinski definition) is 4. The highest BCUT2D eigenvalue weighted by Gasteiger charge is 2.19. The van der Waals surface area contributed by atoms with Crippen molar-refractivity contribution < 1.29 is 14.3 Å². The molecule has 1 heterocycles. The molecule has 3 rings (SSSR count). The molecule has 30 heavy (non-hydrogen) atoms. The van der Waals surface area contributed by atoms with Gasteiger partial charge in [-0.15, -0.1) is 11.3 Å². The van der Waals surface area contributed by atoms with E-state index in [1.807, 2.05) is 54.8 Å². The van der Waals surface area contributed by atoms with Crippen molar-refractivity contribution in [2.45, 2.75) is 19.4 Å². The molecule has 6 heteroatoms. The summed E-state index contributed by atoms with van der Waals surface area (Å²) in [6.45, 7) is 2.00. The predicted octanol–water partition coefficient (Wildman–Crippen LogP) is 4.80. The van der Waals surface area contributed by atoms with Gasteiger partial charge in [-0.1, -0.05) is 43.3 Å². The number of thiophene rings is 1. The number of rotatable bonds is 8. The molecule has 5 nitrogen and oxygen atoms in total. The number of amides is 2. The third-order valence-electron chi connectivity index (χ3n) is 4.59. The van der Waals surface area contributed by atoms with Crippen molar-refractivity contribution in [2.24, 2.45) is 0 Å². The Morgan fingerprint density at radius 3 is 2.37 bits per heavy atom. The monoisotopic (exact) mass is 420 g/mol. The van der Waals surface area contributed by atoms with Gasteiger partial charge in [-0.3, -0.25) is 9.59 Å². The maximum atomic E-state index is 13.1. The van der Waals surface area contributed by atoms with Gasteiger partial charge in [-0.25, -0.2) is 0 Å². The van der Waals surface area contributed by atoms with Crippen LogP contribution in [0.3, 0.4) is 0 Å². The van der Waals surface area contributed by atoms with Gasteiger partial charge in [0.15, 0.2) is 0 Å². The molecule has 0 saturated carbocycles. The van der Waals surface area contributed by atoms with Crippen molar-refractivity contribution in [3.05, 3.63) is 93.8 Å². The minimum atomic E-state index is -0.338. The van der Waals surface area contributed by atoms with Gasteiger partial charge in [0.2, 0.25) is 0 Å². The van der Waals surface area contributed by atoms with E-state index in [0.29, 0.717) is 12.0 Å². The first-order valence-electron chi connectivity index (χ1n) is 9.67. The summed E-state index contributed by atoms with van der Waals surface area (Å²) in [4.78, 5) is 26.6. The lowest BCUT2D eigenvalue weighted by Crippen LogP contribution is -2.36. The molecule has 0 bridgehead atoms. The van der Waals surface area contributed by atoms with Gasteiger partial charge in [0, 0.05) is 10.4 Å². The minimum Gasteiger partial charge on any atom is -0.497 e. The van der Waals surface area contributed by atoms with Gasteiger partial charge in [0.1, 0.15) is 11.4 Å². The van der Waals surface area contributed by atoms with E-state index < -0.39 is 0 Å². The van der Waals surface area contributed by atoms with Crippen molar-refractivity contribution in [1.29, 1.82) is 0 Å². The highest BCUT2D eigenvalue weighted by molar-refractivity contribution is 7.10. The Bertz CT molecular complexity index is 997. The summed E-state index contributed by atoms with van der Waals surface area (Å²) in [7, 11) is 1.62. The molecule has 154 valence electrons.